The zero-order valence-electron chi connectivity index (χ0n) is 17.1. The van der Waals surface area contributed by atoms with Crippen LogP contribution in [-0.2, 0) is 9.92 Å². The molecule has 0 bridgehead atoms. The van der Waals surface area contributed by atoms with E-state index in [1.54, 1.807) is 0 Å². The Kier molecular flexibility index (Phi) is 6.35. The molecule has 1 heterocycles. The first kappa shape index (κ1) is 21.8. The number of hydrogen-bond acceptors (Lipinski definition) is 5. The second-order valence-corrected chi connectivity index (χ2v) is 10.2. The van der Waals surface area contributed by atoms with Crippen molar-refractivity contribution in [2.75, 3.05) is 0 Å². The Balaban J connectivity index is 1.82. The van der Waals surface area contributed by atoms with Crippen LogP contribution >= 0.6 is 0 Å². The summed E-state index contributed by atoms with van der Waals surface area (Å²) in [5, 5.41) is 13.0. The van der Waals surface area contributed by atoms with E-state index in [9.17, 15) is 13.4 Å². The Bertz CT molecular complexity index is 900. The fraction of sp³-hybridized carbons (Fsp3) is 0.632. The van der Waals surface area contributed by atoms with Crippen molar-refractivity contribution < 1.29 is 13.4 Å². The van der Waals surface area contributed by atoms with Crippen LogP contribution in [0.1, 0.15) is 52.9 Å². The minimum Gasteiger partial charge on any atom is -0.387 e. The van der Waals surface area contributed by atoms with E-state index in [-0.39, 0.29) is 12.1 Å². The Morgan fingerprint density at radius 2 is 2.10 bits per heavy atom. The number of dihydropyridines is 1. The van der Waals surface area contributed by atoms with E-state index in [0.29, 0.717) is 5.92 Å². The molecule has 2 aliphatic carbocycles. The first-order valence-electron chi connectivity index (χ1n) is 10.0. The van der Waals surface area contributed by atoms with Gasteiger partial charge in [-0.25, -0.2) is 18.5 Å². The van der Waals surface area contributed by atoms with E-state index in [0.717, 1.165) is 60.8 Å². The van der Waals surface area contributed by atoms with Crippen LogP contribution in [0.5, 0.6) is 0 Å². The van der Waals surface area contributed by atoms with Crippen LogP contribution in [0.25, 0.3) is 0 Å². The molecule has 7 N–H and O–H groups in total. The first-order chi connectivity index (χ1) is 13.6. The lowest BCUT2D eigenvalue weighted by molar-refractivity contribution is 0.251. The molecule has 0 aromatic carbocycles. The van der Waals surface area contributed by atoms with Gasteiger partial charge >= 0.3 is 6.03 Å². The first-order valence-corrected chi connectivity index (χ1v) is 11.7. The molecule has 8 nitrogen and oxygen atoms in total. The zero-order valence-corrected chi connectivity index (χ0v) is 17.9. The van der Waals surface area contributed by atoms with E-state index in [1.165, 1.54) is 0 Å². The van der Waals surface area contributed by atoms with Gasteiger partial charge in [-0.2, -0.15) is 0 Å². The van der Waals surface area contributed by atoms with Crippen molar-refractivity contribution in [1.82, 2.24) is 16.0 Å². The van der Waals surface area contributed by atoms with E-state index in [1.807, 2.05) is 13.8 Å². The Labute approximate surface area is 171 Å². The molecule has 0 spiro atoms. The van der Waals surface area contributed by atoms with Crippen LogP contribution in [0.15, 0.2) is 38.9 Å². The monoisotopic (exact) mass is 426 g/mol. The minimum atomic E-state index is -3.81. The third kappa shape index (κ3) is 4.65. The minimum absolute atomic E-state index is 0.0361. The number of carbonyl (C=O) groups is 1. The van der Waals surface area contributed by atoms with Gasteiger partial charge in [0, 0.05) is 23.6 Å². The summed E-state index contributed by atoms with van der Waals surface area (Å²) in [6.45, 7) is 5.80. The second-order valence-electron chi connectivity index (χ2n) is 8.26. The molecule has 3 rings (SSSR count). The largest absolute Gasteiger partial charge is 0.387 e. The third-order valence-corrected chi connectivity index (χ3v) is 7.04. The summed E-state index contributed by atoms with van der Waals surface area (Å²) < 4.78 is 30.3. The number of urea groups is 1. The molecule has 1 aliphatic heterocycles. The molecular weight excluding hydrogens is 395 g/mol. The van der Waals surface area contributed by atoms with Crippen molar-refractivity contribution in [3.05, 3.63) is 34.6 Å². The average Bonchev–Trinajstić information content (AvgIpc) is 3.25. The summed E-state index contributed by atoms with van der Waals surface area (Å²) in [6.07, 6.45) is 5.73. The molecule has 0 aromatic rings. The van der Waals surface area contributed by atoms with Gasteiger partial charge in [0.15, 0.2) is 5.37 Å². The lowest BCUT2D eigenvalue weighted by Gasteiger charge is -2.30. The maximum absolute atomic E-state index is 14.2. The van der Waals surface area contributed by atoms with Crippen LogP contribution in [0.4, 0.5) is 9.18 Å². The van der Waals surface area contributed by atoms with E-state index in [4.69, 9.17) is 10.9 Å². The van der Waals surface area contributed by atoms with Gasteiger partial charge in [-0.1, -0.05) is 6.92 Å². The highest BCUT2D eigenvalue weighted by atomic mass is 32.2. The second kappa shape index (κ2) is 8.45. The van der Waals surface area contributed by atoms with Gasteiger partial charge in [-0.05, 0) is 63.0 Å². The van der Waals surface area contributed by atoms with Crippen LogP contribution in [0, 0.1) is 5.92 Å². The van der Waals surface area contributed by atoms with Crippen LogP contribution in [0.3, 0.4) is 0 Å². The number of nitrogens with zero attached hydrogens (tertiary/aromatic N) is 1. The molecule has 4 atom stereocenters. The molecule has 3 aliphatic rings. The highest BCUT2D eigenvalue weighted by Crippen LogP contribution is 2.42. The summed E-state index contributed by atoms with van der Waals surface area (Å²) in [5.74, 6) is -0.458. The summed E-state index contributed by atoms with van der Waals surface area (Å²) in [7, 11) is -3.81. The number of hydrogen-bond donors (Lipinski definition) is 5. The molecule has 0 saturated heterocycles. The molecule has 1 saturated carbocycles. The van der Waals surface area contributed by atoms with Gasteiger partial charge in [0.25, 0.3) is 0 Å². The van der Waals surface area contributed by atoms with Crippen LogP contribution in [-0.4, -0.2) is 27.7 Å². The lowest BCUT2D eigenvalue weighted by Crippen LogP contribution is -2.40. The molecular formula is C19H31FN6O2S. The average molecular weight is 427 g/mol. The van der Waals surface area contributed by atoms with Crippen molar-refractivity contribution in [3.8, 4) is 0 Å². The maximum atomic E-state index is 14.2. The van der Waals surface area contributed by atoms with Gasteiger partial charge in [-0.15, -0.1) is 4.36 Å². The number of halogens is 1. The molecule has 0 radical (unpaired) electrons. The number of nitrogens with one attached hydrogen (secondary N) is 3. The summed E-state index contributed by atoms with van der Waals surface area (Å²) in [5.41, 5.74) is 9.80. The van der Waals surface area contributed by atoms with Gasteiger partial charge in [-0.3, -0.25) is 0 Å². The van der Waals surface area contributed by atoms with E-state index in [2.05, 4.69) is 27.2 Å². The topological polar surface area (TPSA) is 135 Å². The molecule has 29 heavy (non-hydrogen) atoms. The Morgan fingerprint density at radius 1 is 1.38 bits per heavy atom. The van der Waals surface area contributed by atoms with Crippen molar-refractivity contribution in [3.63, 3.8) is 0 Å². The maximum Gasteiger partial charge on any atom is 0.354 e. The zero-order chi connectivity index (χ0) is 21.3. The molecule has 0 aromatic heterocycles. The van der Waals surface area contributed by atoms with E-state index < -0.39 is 27.1 Å². The fourth-order valence-corrected chi connectivity index (χ4v) is 4.89. The summed E-state index contributed by atoms with van der Waals surface area (Å²) in [4.78, 5) is 12.6. The highest BCUT2D eigenvalue weighted by Gasteiger charge is 2.38. The van der Waals surface area contributed by atoms with Crippen molar-refractivity contribution >= 4 is 15.9 Å². The predicted octanol–water partition coefficient (Wildman–Crippen LogP) is 2.23. The number of fused-ring (bicyclic) bond motifs is 1. The van der Waals surface area contributed by atoms with Crippen molar-refractivity contribution in [2.45, 2.75) is 70.3 Å². The number of rotatable bonds is 5. The molecule has 162 valence electrons. The van der Waals surface area contributed by atoms with Gasteiger partial charge in [0.2, 0.25) is 0 Å². The molecule has 1 fully saturated rings. The Morgan fingerprint density at radius 3 is 2.79 bits per heavy atom. The quantitative estimate of drug-likeness (QED) is 0.459. The summed E-state index contributed by atoms with van der Waals surface area (Å²) in [6, 6.07) is -0.709. The number of nitrogens with two attached hydrogens (primary N) is 2. The number of carbonyl (C=O) groups excluding carboxylic acids is 1. The van der Waals surface area contributed by atoms with Crippen LogP contribution < -0.4 is 26.8 Å². The SMILES string of the molecule is CC(C)N/C=C(/F)C(N)S(N)(=O)=NC(=O)NC1=C2CC[C@@H](C)C2NC2=C1CCC2. The molecule has 3 unspecified atom stereocenters. The summed E-state index contributed by atoms with van der Waals surface area (Å²) >= 11 is 0. The van der Waals surface area contributed by atoms with Crippen molar-refractivity contribution in [1.29, 1.82) is 0 Å². The van der Waals surface area contributed by atoms with Gasteiger partial charge < -0.3 is 21.7 Å². The number of amides is 2. The normalized spacial score (nSPS) is 27.2. The standard InChI is InChI=1S/C19H31FN6O2S/c1-10(2)23-9-14(20)18(21)29(22,28)26-19(27)25-17-12-5-4-6-15(12)24-16-11(3)7-8-13(16)17/h9-11,16,18,23-24H,4-8,21H2,1-3H3,(H3,22,25,26,27,28)/b14-9+/t11-,16?,18?,29?/m1/s1. The third-order valence-electron chi connectivity index (χ3n) is 5.63. The predicted molar refractivity (Wildman–Crippen MR) is 112 cm³/mol. The van der Waals surface area contributed by atoms with Gasteiger partial charge in [0.1, 0.15) is 15.7 Å². The highest BCUT2D eigenvalue weighted by molar-refractivity contribution is 7.92. The molecule has 10 heteroatoms. The fourth-order valence-electron chi connectivity index (χ4n) is 4.08. The Hall–Kier alpha value is -1.91. The van der Waals surface area contributed by atoms with E-state index >= 15 is 0 Å². The van der Waals surface area contributed by atoms with Crippen LogP contribution in [0.2, 0.25) is 0 Å². The smallest absolute Gasteiger partial charge is 0.354 e. The van der Waals surface area contributed by atoms with Crippen molar-refractivity contribution in [2.24, 2.45) is 21.2 Å². The number of allylic oxidation sites excluding steroid dienone is 2. The molecule has 2 amide bonds. The lowest BCUT2D eigenvalue weighted by atomic mass is 9.94. The van der Waals surface area contributed by atoms with Gasteiger partial charge in [0.05, 0.1) is 6.04 Å².